The number of hydrogen-bond donors (Lipinski definition) is 0. The Labute approximate surface area is 344 Å². The van der Waals surface area contributed by atoms with Crippen molar-refractivity contribution >= 4 is 11.9 Å². The van der Waals surface area contributed by atoms with E-state index >= 15 is 0 Å². The van der Waals surface area contributed by atoms with Gasteiger partial charge in [-0.15, -0.1) is 0 Å². The molecule has 0 bridgehead atoms. The zero-order valence-corrected chi connectivity index (χ0v) is 36.8. The van der Waals surface area contributed by atoms with Gasteiger partial charge in [-0.25, -0.2) is 0 Å². The van der Waals surface area contributed by atoms with Gasteiger partial charge < -0.3 is 9.47 Å². The molecule has 2 aromatic rings. The summed E-state index contributed by atoms with van der Waals surface area (Å²) in [4.78, 5) is 31.2. The zero-order chi connectivity index (χ0) is 40.3. The van der Waals surface area contributed by atoms with Crippen molar-refractivity contribution in [1.82, 2.24) is 9.80 Å². The molecule has 0 N–H and O–H groups in total. The first-order chi connectivity index (χ1) is 27.5. The summed E-state index contributed by atoms with van der Waals surface area (Å²) in [6, 6.07) is 16.3. The van der Waals surface area contributed by atoms with E-state index < -0.39 is 0 Å². The third-order valence-corrected chi connectivity index (χ3v) is 11.1. The average Bonchev–Trinajstić information content (AvgIpc) is 3.21. The smallest absolute Gasteiger partial charge is 0.320 e. The Hall–Kier alpha value is -2.70. The topological polar surface area (TPSA) is 59.1 Å². The van der Waals surface area contributed by atoms with Crippen LogP contribution in [0.4, 0.5) is 0 Å². The van der Waals surface area contributed by atoms with E-state index in [1.165, 1.54) is 128 Å². The number of carbonyl (C=O) groups is 2. The summed E-state index contributed by atoms with van der Waals surface area (Å²) in [5.41, 5.74) is 3.94. The first-order valence-electron chi connectivity index (χ1n) is 23.4. The Bertz CT molecular complexity index is 1120. The van der Waals surface area contributed by atoms with E-state index in [0.717, 1.165) is 74.1 Å². The molecule has 0 atom stereocenters. The molecule has 6 heteroatoms. The van der Waals surface area contributed by atoms with E-state index in [1.54, 1.807) is 0 Å². The number of nitrogens with zero attached hydrogens (tertiary/aromatic N) is 2. The molecule has 0 fully saturated rings. The van der Waals surface area contributed by atoms with Gasteiger partial charge in [0.2, 0.25) is 0 Å². The van der Waals surface area contributed by atoms with Gasteiger partial charge in [0.1, 0.15) is 13.2 Å². The van der Waals surface area contributed by atoms with Gasteiger partial charge in [0.25, 0.3) is 0 Å². The number of unbranched alkanes of at least 4 members (excludes halogenated alkanes) is 20. The molecule has 0 amide bonds. The van der Waals surface area contributed by atoms with Crippen LogP contribution in [-0.2, 0) is 32.3 Å². The van der Waals surface area contributed by atoms with Gasteiger partial charge in [0.15, 0.2) is 0 Å². The molecule has 0 radical (unpaired) electrons. The molecule has 56 heavy (non-hydrogen) atoms. The standard InChI is InChI=1S/C50H84N2O4/c1-5-9-13-17-21-29-37-51(38-30-22-18-14-10-6-2)41-49(53)55-43-45-33-25-27-35-47(45)48-36-28-26-34-46(48)44-56-50(54)42-52(39-31-23-19-15-11-7-3)40-32-24-20-16-12-8-4/h25-28,33-36H,5-24,29-32,37-44H2,1-4H3. The fraction of sp³-hybridized carbons (Fsp3) is 0.720. The minimum atomic E-state index is -0.162. The molecule has 0 aliphatic heterocycles. The maximum Gasteiger partial charge on any atom is 0.320 e. The van der Waals surface area contributed by atoms with Crippen LogP contribution in [0, 0.1) is 0 Å². The fourth-order valence-electron chi connectivity index (χ4n) is 7.59. The minimum Gasteiger partial charge on any atom is -0.460 e. The Balaban J connectivity index is 1.99. The van der Waals surface area contributed by atoms with Gasteiger partial charge in [-0.3, -0.25) is 19.4 Å². The predicted molar refractivity (Wildman–Crippen MR) is 238 cm³/mol. The highest BCUT2D eigenvalue weighted by Gasteiger charge is 2.17. The van der Waals surface area contributed by atoms with Gasteiger partial charge in [-0.2, -0.15) is 0 Å². The Morgan fingerprint density at radius 3 is 0.964 bits per heavy atom. The lowest BCUT2D eigenvalue weighted by Gasteiger charge is -2.22. The molecule has 0 aromatic heterocycles. The summed E-state index contributed by atoms with van der Waals surface area (Å²) in [6.07, 6.45) is 30.0. The lowest BCUT2D eigenvalue weighted by molar-refractivity contribution is -0.147. The molecular weight excluding hydrogens is 693 g/mol. The summed E-state index contributed by atoms with van der Waals surface area (Å²) < 4.78 is 11.9. The number of ether oxygens (including phenoxy) is 2. The molecule has 2 rings (SSSR count). The molecule has 318 valence electrons. The number of esters is 2. The van der Waals surface area contributed by atoms with Gasteiger partial charge in [0.05, 0.1) is 13.1 Å². The van der Waals surface area contributed by atoms with Crippen molar-refractivity contribution < 1.29 is 19.1 Å². The van der Waals surface area contributed by atoms with Crippen molar-refractivity contribution in [3.05, 3.63) is 59.7 Å². The monoisotopic (exact) mass is 777 g/mol. The maximum atomic E-state index is 13.3. The van der Waals surface area contributed by atoms with Gasteiger partial charge in [-0.1, -0.05) is 205 Å². The van der Waals surface area contributed by atoms with E-state index in [2.05, 4.69) is 49.6 Å². The third-order valence-electron chi connectivity index (χ3n) is 11.1. The van der Waals surface area contributed by atoms with Crippen molar-refractivity contribution in [1.29, 1.82) is 0 Å². The minimum absolute atomic E-state index is 0.162. The lowest BCUT2D eigenvalue weighted by Crippen LogP contribution is -2.33. The van der Waals surface area contributed by atoms with Gasteiger partial charge in [-0.05, 0) is 74.1 Å². The highest BCUT2D eigenvalue weighted by molar-refractivity contribution is 5.74. The van der Waals surface area contributed by atoms with Crippen molar-refractivity contribution in [2.45, 2.75) is 195 Å². The van der Waals surface area contributed by atoms with E-state index in [-0.39, 0.29) is 25.2 Å². The summed E-state index contributed by atoms with van der Waals surface area (Å²) >= 11 is 0. The molecule has 6 nitrogen and oxygen atoms in total. The molecule has 0 saturated carbocycles. The molecular formula is C50H84N2O4. The fourth-order valence-corrected chi connectivity index (χ4v) is 7.59. The summed E-state index contributed by atoms with van der Waals surface area (Å²) in [6.45, 7) is 14.0. The van der Waals surface area contributed by atoms with Gasteiger partial charge in [0, 0.05) is 0 Å². The number of rotatable bonds is 37. The van der Waals surface area contributed by atoms with Crippen LogP contribution < -0.4 is 0 Å². The predicted octanol–water partition coefficient (Wildman–Crippen LogP) is 13.5. The second kappa shape index (κ2) is 34.4. The largest absolute Gasteiger partial charge is 0.460 e. The van der Waals surface area contributed by atoms with Crippen LogP contribution in [0.15, 0.2) is 48.5 Å². The highest BCUT2D eigenvalue weighted by Crippen LogP contribution is 2.28. The number of benzene rings is 2. The van der Waals surface area contributed by atoms with Crippen LogP contribution in [-0.4, -0.2) is 61.0 Å². The Kier molecular flexibility index (Phi) is 30.3. The third kappa shape index (κ3) is 24.2. The quantitative estimate of drug-likeness (QED) is 0.0503. The Morgan fingerprint density at radius 1 is 0.393 bits per heavy atom. The first kappa shape index (κ1) is 49.4. The van der Waals surface area contributed by atoms with Crippen LogP contribution in [0.3, 0.4) is 0 Å². The zero-order valence-electron chi connectivity index (χ0n) is 36.8. The second-order valence-corrected chi connectivity index (χ2v) is 16.3. The molecule has 0 heterocycles. The SMILES string of the molecule is CCCCCCCCN(CCCCCCCC)CC(=O)OCc1ccccc1-c1ccccc1COC(=O)CN(CCCCCCCC)CCCCCCCC. The molecule has 0 unspecified atom stereocenters. The second-order valence-electron chi connectivity index (χ2n) is 16.3. The van der Waals surface area contributed by atoms with Crippen molar-refractivity contribution in [2.24, 2.45) is 0 Å². The van der Waals surface area contributed by atoms with E-state index in [1.807, 2.05) is 36.4 Å². The molecule has 0 spiro atoms. The summed E-state index contributed by atoms with van der Waals surface area (Å²) in [5.74, 6) is -0.323. The van der Waals surface area contributed by atoms with Crippen LogP contribution in [0.1, 0.15) is 193 Å². The number of carbonyl (C=O) groups excluding carboxylic acids is 2. The van der Waals surface area contributed by atoms with E-state index in [9.17, 15) is 9.59 Å². The van der Waals surface area contributed by atoms with E-state index in [0.29, 0.717) is 13.1 Å². The van der Waals surface area contributed by atoms with Crippen molar-refractivity contribution in [3.8, 4) is 11.1 Å². The normalized spacial score (nSPS) is 11.5. The highest BCUT2D eigenvalue weighted by atomic mass is 16.5. The van der Waals surface area contributed by atoms with Crippen LogP contribution >= 0.6 is 0 Å². The maximum absolute atomic E-state index is 13.3. The summed E-state index contributed by atoms with van der Waals surface area (Å²) in [5, 5.41) is 0. The first-order valence-corrected chi connectivity index (χ1v) is 23.4. The van der Waals surface area contributed by atoms with Gasteiger partial charge >= 0.3 is 11.9 Å². The summed E-state index contributed by atoms with van der Waals surface area (Å²) in [7, 11) is 0. The molecule has 0 saturated heterocycles. The van der Waals surface area contributed by atoms with E-state index in [4.69, 9.17) is 9.47 Å². The Morgan fingerprint density at radius 2 is 0.661 bits per heavy atom. The van der Waals surface area contributed by atoms with Crippen LogP contribution in [0.2, 0.25) is 0 Å². The van der Waals surface area contributed by atoms with Crippen LogP contribution in [0.25, 0.3) is 11.1 Å². The molecule has 0 aliphatic rings. The molecule has 2 aromatic carbocycles. The van der Waals surface area contributed by atoms with Crippen molar-refractivity contribution in [2.75, 3.05) is 39.3 Å². The van der Waals surface area contributed by atoms with Crippen molar-refractivity contribution in [3.63, 3.8) is 0 Å². The molecule has 0 aliphatic carbocycles. The number of hydrogen-bond acceptors (Lipinski definition) is 6. The van der Waals surface area contributed by atoms with Crippen LogP contribution in [0.5, 0.6) is 0 Å². The average molecular weight is 777 g/mol. The lowest BCUT2D eigenvalue weighted by atomic mass is 9.96.